The van der Waals surface area contributed by atoms with Crippen LogP contribution in [0.4, 0.5) is 0 Å². The van der Waals surface area contributed by atoms with Crippen LogP contribution in [0.1, 0.15) is 43.6 Å². The van der Waals surface area contributed by atoms with Gasteiger partial charge in [0.15, 0.2) is 0 Å². The first kappa shape index (κ1) is 11.5. The van der Waals surface area contributed by atoms with E-state index in [-0.39, 0.29) is 0 Å². The summed E-state index contributed by atoms with van der Waals surface area (Å²) in [6.07, 6.45) is 7.00. The van der Waals surface area contributed by atoms with Gasteiger partial charge in [0, 0.05) is 20.2 Å². The molecule has 0 spiro atoms. The van der Waals surface area contributed by atoms with Gasteiger partial charge in [0.25, 0.3) is 0 Å². The van der Waals surface area contributed by atoms with Crippen LogP contribution in [0, 0.1) is 0 Å². The van der Waals surface area contributed by atoms with Crippen LogP contribution in [0.2, 0.25) is 0 Å². The van der Waals surface area contributed by atoms with E-state index in [4.69, 9.17) is 0 Å². The van der Waals surface area contributed by atoms with Crippen molar-refractivity contribution in [3.63, 3.8) is 0 Å². The molecule has 1 fully saturated rings. The van der Waals surface area contributed by atoms with Gasteiger partial charge in [0.1, 0.15) is 0 Å². The second kappa shape index (κ2) is 4.64. The average Bonchev–Trinajstić information content (AvgIpc) is 2.86. The van der Waals surface area contributed by atoms with E-state index in [1.807, 2.05) is 11.3 Å². The predicted molar refractivity (Wildman–Crippen MR) is 85.2 cm³/mol. The highest BCUT2D eigenvalue weighted by atomic mass is 32.1. The molecule has 1 aliphatic carbocycles. The molecule has 96 valence electrons. The molecule has 3 aromatic rings. The number of rotatable bonds is 1. The summed E-state index contributed by atoms with van der Waals surface area (Å²) in [7, 11) is 0. The molecule has 0 saturated heterocycles. The quantitative estimate of drug-likeness (QED) is 0.499. The summed E-state index contributed by atoms with van der Waals surface area (Å²) in [6, 6.07) is 15.8. The Kier molecular flexibility index (Phi) is 2.81. The molecule has 0 aliphatic heterocycles. The van der Waals surface area contributed by atoms with Crippen LogP contribution in [0.5, 0.6) is 0 Å². The fourth-order valence-electron chi connectivity index (χ4n) is 3.56. The Hall–Kier alpha value is -1.34. The summed E-state index contributed by atoms with van der Waals surface area (Å²) in [5.41, 5.74) is 1.61. The third-order valence-corrected chi connectivity index (χ3v) is 5.62. The van der Waals surface area contributed by atoms with E-state index >= 15 is 0 Å². The predicted octanol–water partition coefficient (Wildman–Crippen LogP) is 6.10. The van der Waals surface area contributed by atoms with Crippen LogP contribution in [0.3, 0.4) is 0 Å². The van der Waals surface area contributed by atoms with Gasteiger partial charge in [-0.15, -0.1) is 11.3 Å². The van der Waals surface area contributed by atoms with E-state index < -0.39 is 0 Å². The molecule has 1 aromatic heterocycles. The van der Waals surface area contributed by atoms with Crippen LogP contribution in [-0.2, 0) is 0 Å². The zero-order valence-electron chi connectivity index (χ0n) is 11.1. The van der Waals surface area contributed by atoms with E-state index in [9.17, 15) is 0 Å². The number of fused-ring (bicyclic) bond motifs is 3. The van der Waals surface area contributed by atoms with Crippen molar-refractivity contribution >= 4 is 31.5 Å². The molecule has 0 N–H and O–H groups in total. The molecule has 0 unspecified atom stereocenters. The number of hydrogen-bond acceptors (Lipinski definition) is 1. The average molecular weight is 266 g/mol. The lowest BCUT2D eigenvalue weighted by Gasteiger charge is -2.22. The van der Waals surface area contributed by atoms with E-state index in [0.717, 1.165) is 5.92 Å². The highest BCUT2D eigenvalue weighted by Crippen LogP contribution is 2.42. The maximum absolute atomic E-state index is 2.37. The lowest BCUT2D eigenvalue weighted by Crippen LogP contribution is -2.04. The topological polar surface area (TPSA) is 0 Å². The molecule has 0 bridgehead atoms. The molecule has 1 aliphatic rings. The Morgan fingerprint density at radius 2 is 1.58 bits per heavy atom. The van der Waals surface area contributed by atoms with Crippen LogP contribution in [0.25, 0.3) is 20.2 Å². The summed E-state index contributed by atoms with van der Waals surface area (Å²) < 4.78 is 2.89. The van der Waals surface area contributed by atoms with Gasteiger partial charge in [-0.3, -0.25) is 0 Å². The van der Waals surface area contributed by atoms with Crippen molar-refractivity contribution in [2.75, 3.05) is 0 Å². The summed E-state index contributed by atoms with van der Waals surface area (Å²) in [6.45, 7) is 0. The van der Waals surface area contributed by atoms with Crippen LogP contribution in [-0.4, -0.2) is 0 Å². The van der Waals surface area contributed by atoms with Crippen LogP contribution >= 0.6 is 11.3 Å². The highest BCUT2D eigenvalue weighted by molar-refractivity contribution is 7.25. The minimum atomic E-state index is 0.787. The summed E-state index contributed by atoms with van der Waals surface area (Å²) >= 11 is 1.94. The van der Waals surface area contributed by atoms with Gasteiger partial charge in [-0.2, -0.15) is 0 Å². The number of thiophene rings is 1. The Morgan fingerprint density at radius 3 is 2.47 bits per heavy atom. The van der Waals surface area contributed by atoms with Crippen molar-refractivity contribution in [2.24, 2.45) is 0 Å². The van der Waals surface area contributed by atoms with E-state index in [1.165, 1.54) is 52.3 Å². The van der Waals surface area contributed by atoms with E-state index in [2.05, 4.69) is 42.5 Å². The van der Waals surface area contributed by atoms with Crippen molar-refractivity contribution in [2.45, 2.75) is 38.0 Å². The van der Waals surface area contributed by atoms with E-state index in [1.54, 1.807) is 5.56 Å². The Labute approximate surface area is 118 Å². The van der Waals surface area contributed by atoms with Crippen LogP contribution in [0.15, 0.2) is 42.5 Å². The maximum Gasteiger partial charge on any atom is 0.0358 e. The van der Waals surface area contributed by atoms with Crippen LogP contribution < -0.4 is 0 Å². The minimum Gasteiger partial charge on any atom is -0.135 e. The van der Waals surface area contributed by atoms with Gasteiger partial charge in [-0.25, -0.2) is 0 Å². The first-order chi connectivity index (χ1) is 9.43. The fourth-order valence-corrected chi connectivity index (χ4v) is 4.70. The normalized spacial score (nSPS) is 17.3. The second-order valence-electron chi connectivity index (χ2n) is 5.65. The van der Waals surface area contributed by atoms with Gasteiger partial charge < -0.3 is 0 Å². The minimum absolute atomic E-state index is 0.787. The van der Waals surface area contributed by atoms with Gasteiger partial charge in [-0.05, 0) is 36.5 Å². The summed E-state index contributed by atoms with van der Waals surface area (Å²) in [5.74, 6) is 0.787. The van der Waals surface area contributed by atoms with Gasteiger partial charge in [-0.1, -0.05) is 49.6 Å². The third kappa shape index (κ3) is 1.88. The van der Waals surface area contributed by atoms with Crippen molar-refractivity contribution < 1.29 is 0 Å². The zero-order chi connectivity index (χ0) is 12.7. The smallest absolute Gasteiger partial charge is 0.0358 e. The Balaban J connectivity index is 1.98. The van der Waals surface area contributed by atoms with E-state index in [0.29, 0.717) is 0 Å². The Morgan fingerprint density at radius 1 is 0.789 bits per heavy atom. The third-order valence-electron chi connectivity index (χ3n) is 4.48. The molecule has 0 atom stereocenters. The van der Waals surface area contributed by atoms with Gasteiger partial charge in [0.05, 0.1) is 0 Å². The molecule has 1 heteroatoms. The zero-order valence-corrected chi connectivity index (χ0v) is 11.9. The maximum atomic E-state index is 2.37. The first-order valence-electron chi connectivity index (χ1n) is 7.33. The molecule has 4 rings (SSSR count). The Bertz CT molecular complexity index is 717. The number of benzene rings is 2. The van der Waals surface area contributed by atoms with Crippen molar-refractivity contribution in [3.8, 4) is 0 Å². The highest BCUT2D eigenvalue weighted by Gasteiger charge is 2.19. The molecule has 0 radical (unpaired) electrons. The molecule has 1 saturated carbocycles. The number of hydrogen-bond donors (Lipinski definition) is 0. The fraction of sp³-hybridized carbons (Fsp3) is 0.333. The summed E-state index contributed by atoms with van der Waals surface area (Å²) in [4.78, 5) is 0. The second-order valence-corrected chi connectivity index (χ2v) is 6.74. The largest absolute Gasteiger partial charge is 0.135 e. The molecular weight excluding hydrogens is 248 g/mol. The van der Waals surface area contributed by atoms with Gasteiger partial charge in [0.2, 0.25) is 0 Å². The van der Waals surface area contributed by atoms with Crippen molar-refractivity contribution in [3.05, 3.63) is 48.0 Å². The standard InChI is InChI=1S/C18H18S/c1-2-7-13(8-3-1)14-10-6-12-17-18(14)15-9-4-5-11-16(15)19-17/h4-6,9-13H,1-3,7-8H2. The lowest BCUT2D eigenvalue weighted by atomic mass is 9.82. The molecular formula is C18H18S. The molecule has 0 amide bonds. The first-order valence-corrected chi connectivity index (χ1v) is 8.15. The summed E-state index contributed by atoms with van der Waals surface area (Å²) in [5, 5.41) is 3.00. The lowest BCUT2D eigenvalue weighted by molar-refractivity contribution is 0.445. The SMILES string of the molecule is c1ccc2c(c1)sc1cccc(C3CCCCC3)c12. The monoisotopic (exact) mass is 266 g/mol. The van der Waals surface area contributed by atoms with Gasteiger partial charge >= 0.3 is 0 Å². The molecule has 0 nitrogen and oxygen atoms in total. The van der Waals surface area contributed by atoms with Crippen molar-refractivity contribution in [1.82, 2.24) is 0 Å². The molecule has 19 heavy (non-hydrogen) atoms. The molecule has 2 aromatic carbocycles. The van der Waals surface area contributed by atoms with Crippen molar-refractivity contribution in [1.29, 1.82) is 0 Å². The molecule has 1 heterocycles.